The topological polar surface area (TPSA) is 12.0 Å². The van der Waals surface area contributed by atoms with Crippen LogP contribution >= 0.6 is 11.8 Å². The molecule has 0 saturated heterocycles. The summed E-state index contributed by atoms with van der Waals surface area (Å²) in [5.74, 6) is 2.37. The van der Waals surface area contributed by atoms with Crippen LogP contribution in [0.15, 0.2) is 0 Å². The summed E-state index contributed by atoms with van der Waals surface area (Å²) in [5, 5.41) is 4.68. The van der Waals surface area contributed by atoms with E-state index in [2.05, 4.69) is 24.0 Å². The number of hydrogen-bond donors (Lipinski definition) is 1. The molecule has 0 spiro atoms. The Kier molecular flexibility index (Phi) is 4.18. The van der Waals surface area contributed by atoms with E-state index in [1.807, 2.05) is 0 Å². The van der Waals surface area contributed by atoms with Crippen molar-refractivity contribution in [2.24, 2.45) is 5.92 Å². The first-order chi connectivity index (χ1) is 6.90. The minimum Gasteiger partial charge on any atom is -0.313 e. The molecule has 0 aliphatic heterocycles. The SMILES string of the molecule is CCSC1CCCC1NCCC1CC1. The van der Waals surface area contributed by atoms with Crippen molar-refractivity contribution in [3.05, 3.63) is 0 Å². The first kappa shape index (κ1) is 10.8. The Balaban J connectivity index is 1.61. The molecule has 0 amide bonds. The highest BCUT2D eigenvalue weighted by Crippen LogP contribution is 2.33. The second-order valence-electron chi connectivity index (χ2n) is 4.72. The van der Waals surface area contributed by atoms with Crippen LogP contribution in [0.1, 0.15) is 45.4 Å². The Labute approximate surface area is 92.4 Å². The van der Waals surface area contributed by atoms with Crippen molar-refractivity contribution < 1.29 is 0 Å². The molecule has 2 heteroatoms. The number of rotatable bonds is 6. The average Bonchev–Trinajstić information content (AvgIpc) is 2.89. The zero-order valence-electron chi connectivity index (χ0n) is 9.30. The van der Waals surface area contributed by atoms with Gasteiger partial charge in [0.25, 0.3) is 0 Å². The molecule has 2 saturated carbocycles. The van der Waals surface area contributed by atoms with E-state index in [0.717, 1.165) is 17.2 Å². The van der Waals surface area contributed by atoms with Crippen LogP contribution in [0.3, 0.4) is 0 Å². The van der Waals surface area contributed by atoms with Crippen LogP contribution in [0.5, 0.6) is 0 Å². The largest absolute Gasteiger partial charge is 0.313 e. The molecule has 0 aromatic heterocycles. The van der Waals surface area contributed by atoms with Gasteiger partial charge in [-0.2, -0.15) is 11.8 Å². The van der Waals surface area contributed by atoms with E-state index < -0.39 is 0 Å². The molecule has 0 radical (unpaired) electrons. The zero-order chi connectivity index (χ0) is 9.80. The van der Waals surface area contributed by atoms with Gasteiger partial charge in [-0.25, -0.2) is 0 Å². The van der Waals surface area contributed by atoms with Gasteiger partial charge in [0.15, 0.2) is 0 Å². The maximum Gasteiger partial charge on any atom is 0.0201 e. The molecule has 0 aromatic carbocycles. The molecule has 2 atom stereocenters. The first-order valence-corrected chi connectivity index (χ1v) is 7.30. The lowest BCUT2D eigenvalue weighted by atomic mass is 10.2. The third-order valence-corrected chi connectivity index (χ3v) is 4.82. The van der Waals surface area contributed by atoms with Crippen molar-refractivity contribution in [1.29, 1.82) is 0 Å². The van der Waals surface area contributed by atoms with E-state index >= 15 is 0 Å². The average molecular weight is 213 g/mol. The molecule has 2 aliphatic carbocycles. The van der Waals surface area contributed by atoms with Crippen molar-refractivity contribution in [2.75, 3.05) is 12.3 Å². The maximum absolute atomic E-state index is 3.77. The van der Waals surface area contributed by atoms with Crippen molar-refractivity contribution in [3.63, 3.8) is 0 Å². The van der Waals surface area contributed by atoms with Gasteiger partial charge in [0, 0.05) is 11.3 Å². The van der Waals surface area contributed by atoms with Gasteiger partial charge in [-0.15, -0.1) is 0 Å². The highest BCUT2D eigenvalue weighted by molar-refractivity contribution is 7.99. The number of nitrogens with one attached hydrogen (secondary N) is 1. The highest BCUT2D eigenvalue weighted by atomic mass is 32.2. The van der Waals surface area contributed by atoms with Crippen molar-refractivity contribution in [1.82, 2.24) is 5.32 Å². The lowest BCUT2D eigenvalue weighted by Crippen LogP contribution is -2.35. The number of hydrogen-bond acceptors (Lipinski definition) is 2. The van der Waals surface area contributed by atoms with E-state index in [1.54, 1.807) is 0 Å². The van der Waals surface area contributed by atoms with E-state index in [-0.39, 0.29) is 0 Å². The first-order valence-electron chi connectivity index (χ1n) is 6.25. The summed E-state index contributed by atoms with van der Waals surface area (Å²) in [6.07, 6.45) is 8.74. The number of thioether (sulfide) groups is 1. The lowest BCUT2D eigenvalue weighted by Gasteiger charge is -2.20. The molecule has 2 fully saturated rings. The van der Waals surface area contributed by atoms with Crippen LogP contribution in [-0.4, -0.2) is 23.6 Å². The van der Waals surface area contributed by atoms with Gasteiger partial charge in [0.2, 0.25) is 0 Å². The van der Waals surface area contributed by atoms with E-state index in [0.29, 0.717) is 0 Å². The zero-order valence-corrected chi connectivity index (χ0v) is 10.1. The van der Waals surface area contributed by atoms with Gasteiger partial charge in [0.05, 0.1) is 0 Å². The van der Waals surface area contributed by atoms with Crippen LogP contribution in [0.4, 0.5) is 0 Å². The van der Waals surface area contributed by atoms with Gasteiger partial charge >= 0.3 is 0 Å². The molecule has 1 nitrogen and oxygen atoms in total. The molecule has 0 heterocycles. The van der Waals surface area contributed by atoms with E-state index in [4.69, 9.17) is 0 Å². The minimum absolute atomic E-state index is 0.832. The normalized spacial score (nSPS) is 32.4. The van der Waals surface area contributed by atoms with Crippen molar-refractivity contribution in [3.8, 4) is 0 Å². The molecule has 1 N–H and O–H groups in total. The van der Waals surface area contributed by atoms with Gasteiger partial charge in [0.1, 0.15) is 0 Å². The summed E-state index contributed by atoms with van der Waals surface area (Å²) in [7, 11) is 0. The fraction of sp³-hybridized carbons (Fsp3) is 1.00. The van der Waals surface area contributed by atoms with E-state index in [9.17, 15) is 0 Å². The molecule has 14 heavy (non-hydrogen) atoms. The standard InChI is InChI=1S/C12H23NS/c1-2-14-12-5-3-4-11(12)13-9-8-10-6-7-10/h10-13H,2-9H2,1H3. The minimum atomic E-state index is 0.832. The Morgan fingerprint density at radius 2 is 2.07 bits per heavy atom. The van der Waals surface area contributed by atoms with Crippen LogP contribution in [0, 0.1) is 5.92 Å². The molecule has 2 unspecified atom stereocenters. The third kappa shape index (κ3) is 3.16. The van der Waals surface area contributed by atoms with Crippen molar-refractivity contribution >= 4 is 11.8 Å². The summed E-state index contributed by atoms with van der Waals surface area (Å²) in [4.78, 5) is 0. The quantitative estimate of drug-likeness (QED) is 0.728. The van der Waals surface area contributed by atoms with Gasteiger partial charge in [-0.05, 0) is 37.5 Å². The van der Waals surface area contributed by atoms with Crippen LogP contribution < -0.4 is 5.32 Å². The molecular formula is C12H23NS. The van der Waals surface area contributed by atoms with Crippen LogP contribution in [0.25, 0.3) is 0 Å². The summed E-state index contributed by atoms with van der Waals surface area (Å²) in [6.45, 7) is 3.56. The van der Waals surface area contributed by atoms with Crippen LogP contribution in [0.2, 0.25) is 0 Å². The second-order valence-corrected chi connectivity index (χ2v) is 6.23. The second kappa shape index (κ2) is 5.41. The maximum atomic E-state index is 3.77. The lowest BCUT2D eigenvalue weighted by molar-refractivity contribution is 0.509. The fourth-order valence-corrected chi connectivity index (χ4v) is 3.68. The Morgan fingerprint density at radius 3 is 2.79 bits per heavy atom. The highest BCUT2D eigenvalue weighted by Gasteiger charge is 2.27. The molecule has 2 rings (SSSR count). The molecule has 82 valence electrons. The summed E-state index contributed by atoms with van der Waals surface area (Å²) >= 11 is 2.16. The Hall–Kier alpha value is 0.310. The predicted molar refractivity (Wildman–Crippen MR) is 64.9 cm³/mol. The summed E-state index contributed by atoms with van der Waals surface area (Å²) < 4.78 is 0. The van der Waals surface area contributed by atoms with Crippen LogP contribution in [-0.2, 0) is 0 Å². The molecule has 0 bridgehead atoms. The van der Waals surface area contributed by atoms with Gasteiger partial charge in [-0.3, -0.25) is 0 Å². The monoisotopic (exact) mass is 213 g/mol. The Morgan fingerprint density at radius 1 is 1.21 bits per heavy atom. The molecule has 0 aromatic rings. The fourth-order valence-electron chi connectivity index (χ4n) is 2.45. The Bertz CT molecular complexity index is 168. The molecule has 2 aliphatic rings. The van der Waals surface area contributed by atoms with Crippen molar-refractivity contribution in [2.45, 2.75) is 56.7 Å². The third-order valence-electron chi connectivity index (χ3n) is 3.49. The van der Waals surface area contributed by atoms with Gasteiger partial charge < -0.3 is 5.32 Å². The smallest absolute Gasteiger partial charge is 0.0201 e. The van der Waals surface area contributed by atoms with E-state index in [1.165, 1.54) is 50.8 Å². The van der Waals surface area contributed by atoms with Gasteiger partial charge in [-0.1, -0.05) is 26.2 Å². The summed E-state index contributed by atoms with van der Waals surface area (Å²) in [6, 6.07) is 0.832. The molecular weight excluding hydrogens is 190 g/mol. The summed E-state index contributed by atoms with van der Waals surface area (Å²) in [5.41, 5.74) is 0. The predicted octanol–water partition coefficient (Wildman–Crippen LogP) is 3.05.